The average molecular weight is 397 g/mol. The van der Waals surface area contributed by atoms with Crippen LogP contribution in [-0.2, 0) is 11.3 Å². The number of nitrogens with one attached hydrogen (secondary N) is 1. The van der Waals surface area contributed by atoms with Gasteiger partial charge >= 0.3 is 0 Å². The van der Waals surface area contributed by atoms with Gasteiger partial charge in [-0.25, -0.2) is 0 Å². The van der Waals surface area contributed by atoms with E-state index in [2.05, 4.69) is 22.3 Å². The molecular formula is C22H27N3O4. The molecular weight excluding hydrogens is 370 g/mol. The first kappa shape index (κ1) is 20.7. The van der Waals surface area contributed by atoms with Crippen LogP contribution in [0, 0.1) is 0 Å². The molecule has 2 aromatic carbocycles. The van der Waals surface area contributed by atoms with Gasteiger partial charge < -0.3 is 19.7 Å². The van der Waals surface area contributed by atoms with Crippen molar-refractivity contribution in [3.63, 3.8) is 0 Å². The van der Waals surface area contributed by atoms with E-state index >= 15 is 0 Å². The Hall–Kier alpha value is -3.06. The number of methoxy groups -OCH3 is 2. The van der Waals surface area contributed by atoms with E-state index in [4.69, 9.17) is 9.47 Å². The maximum absolute atomic E-state index is 12.5. The van der Waals surface area contributed by atoms with Crippen LogP contribution in [0.4, 0.5) is 0 Å². The van der Waals surface area contributed by atoms with Crippen molar-refractivity contribution in [3.05, 3.63) is 59.7 Å². The largest absolute Gasteiger partial charge is 0.493 e. The lowest BCUT2D eigenvalue weighted by Crippen LogP contribution is -2.50. The standard InChI is InChI=1S/C22H27N3O4/c1-28-19-9-8-18(14-20(19)29-2)22(27)23-15-21(26)25-12-10-24(11-13-25)16-17-6-4-3-5-7-17/h3-9,14H,10-13,15-16H2,1-2H3,(H,23,27). The van der Waals surface area contributed by atoms with Crippen LogP contribution in [0.5, 0.6) is 11.5 Å². The highest BCUT2D eigenvalue weighted by Gasteiger charge is 2.21. The molecule has 7 nitrogen and oxygen atoms in total. The average Bonchev–Trinajstić information content (AvgIpc) is 2.78. The predicted molar refractivity (Wildman–Crippen MR) is 110 cm³/mol. The lowest BCUT2D eigenvalue weighted by Gasteiger charge is -2.34. The molecule has 0 bridgehead atoms. The number of benzene rings is 2. The quantitative estimate of drug-likeness (QED) is 0.771. The van der Waals surface area contributed by atoms with Gasteiger partial charge in [0.2, 0.25) is 5.91 Å². The topological polar surface area (TPSA) is 71.1 Å². The highest BCUT2D eigenvalue weighted by molar-refractivity contribution is 5.97. The molecule has 2 aromatic rings. The molecule has 29 heavy (non-hydrogen) atoms. The Morgan fingerprint density at radius 2 is 1.62 bits per heavy atom. The fourth-order valence-electron chi connectivity index (χ4n) is 3.34. The number of hydrogen-bond acceptors (Lipinski definition) is 5. The van der Waals surface area contributed by atoms with Gasteiger partial charge in [-0.1, -0.05) is 30.3 Å². The van der Waals surface area contributed by atoms with Gasteiger partial charge in [0.25, 0.3) is 5.91 Å². The zero-order chi connectivity index (χ0) is 20.6. The number of piperazine rings is 1. The number of carbonyl (C=O) groups excluding carboxylic acids is 2. The molecule has 0 unspecified atom stereocenters. The number of ether oxygens (including phenoxy) is 2. The van der Waals surface area contributed by atoms with Crippen LogP contribution in [0.2, 0.25) is 0 Å². The minimum absolute atomic E-state index is 0.0220. The molecule has 0 saturated carbocycles. The van der Waals surface area contributed by atoms with Gasteiger partial charge in [0.1, 0.15) is 0 Å². The molecule has 1 N–H and O–H groups in total. The summed E-state index contributed by atoms with van der Waals surface area (Å²) in [4.78, 5) is 29.0. The SMILES string of the molecule is COc1ccc(C(=O)NCC(=O)N2CCN(Cc3ccccc3)CC2)cc1OC. The van der Waals surface area contributed by atoms with Crippen LogP contribution < -0.4 is 14.8 Å². The molecule has 0 radical (unpaired) electrons. The lowest BCUT2D eigenvalue weighted by atomic mass is 10.2. The third-order valence-corrected chi connectivity index (χ3v) is 5.02. The Morgan fingerprint density at radius 1 is 0.931 bits per heavy atom. The highest BCUT2D eigenvalue weighted by atomic mass is 16.5. The van der Waals surface area contributed by atoms with Crippen molar-refractivity contribution in [3.8, 4) is 11.5 Å². The summed E-state index contributed by atoms with van der Waals surface area (Å²) in [5.74, 6) is 0.634. The monoisotopic (exact) mass is 397 g/mol. The van der Waals surface area contributed by atoms with Crippen molar-refractivity contribution >= 4 is 11.8 Å². The number of rotatable bonds is 7. The Labute approximate surface area is 171 Å². The van der Waals surface area contributed by atoms with Crippen LogP contribution in [-0.4, -0.2) is 68.6 Å². The van der Waals surface area contributed by atoms with Crippen molar-refractivity contribution < 1.29 is 19.1 Å². The van der Waals surface area contributed by atoms with E-state index < -0.39 is 0 Å². The number of hydrogen-bond donors (Lipinski definition) is 1. The molecule has 154 valence electrons. The highest BCUT2D eigenvalue weighted by Crippen LogP contribution is 2.27. The summed E-state index contributed by atoms with van der Waals surface area (Å²) in [5.41, 5.74) is 1.69. The Bertz CT molecular complexity index is 833. The van der Waals surface area contributed by atoms with Crippen molar-refractivity contribution in [1.29, 1.82) is 0 Å². The van der Waals surface area contributed by atoms with E-state index in [-0.39, 0.29) is 18.4 Å². The summed E-state index contributed by atoms with van der Waals surface area (Å²) in [6, 6.07) is 15.2. The fraction of sp³-hybridized carbons (Fsp3) is 0.364. The van der Waals surface area contributed by atoms with Gasteiger partial charge in [0, 0.05) is 38.3 Å². The van der Waals surface area contributed by atoms with Crippen molar-refractivity contribution in [2.24, 2.45) is 0 Å². The molecule has 1 aliphatic heterocycles. The van der Waals surface area contributed by atoms with E-state index in [0.29, 0.717) is 30.2 Å². The van der Waals surface area contributed by atoms with Gasteiger partial charge in [-0.05, 0) is 23.8 Å². The third-order valence-electron chi connectivity index (χ3n) is 5.02. The summed E-state index contributed by atoms with van der Waals surface area (Å²) in [6.07, 6.45) is 0. The van der Waals surface area contributed by atoms with Gasteiger partial charge in [-0.15, -0.1) is 0 Å². The molecule has 3 rings (SSSR count). The smallest absolute Gasteiger partial charge is 0.251 e. The first-order valence-corrected chi connectivity index (χ1v) is 9.65. The number of carbonyl (C=O) groups is 2. The molecule has 0 aliphatic carbocycles. The first-order chi connectivity index (χ1) is 14.1. The van der Waals surface area contributed by atoms with E-state index in [1.165, 1.54) is 19.8 Å². The summed E-state index contributed by atoms with van der Waals surface area (Å²) < 4.78 is 10.4. The maximum Gasteiger partial charge on any atom is 0.251 e. The summed E-state index contributed by atoms with van der Waals surface area (Å²) in [6.45, 7) is 3.84. The van der Waals surface area contributed by atoms with E-state index in [1.54, 1.807) is 23.1 Å². The minimum atomic E-state index is -0.318. The molecule has 0 aromatic heterocycles. The van der Waals surface area contributed by atoms with Crippen molar-refractivity contribution in [2.45, 2.75) is 6.54 Å². The molecule has 1 saturated heterocycles. The predicted octanol–water partition coefficient (Wildman–Crippen LogP) is 1.78. The Morgan fingerprint density at radius 3 is 2.28 bits per heavy atom. The second-order valence-electron chi connectivity index (χ2n) is 6.89. The van der Waals surface area contributed by atoms with Crippen LogP contribution in [0.1, 0.15) is 15.9 Å². The first-order valence-electron chi connectivity index (χ1n) is 9.65. The van der Waals surface area contributed by atoms with Gasteiger partial charge in [0.15, 0.2) is 11.5 Å². The van der Waals surface area contributed by atoms with Gasteiger partial charge in [0.05, 0.1) is 20.8 Å². The van der Waals surface area contributed by atoms with Crippen LogP contribution >= 0.6 is 0 Å². The second-order valence-corrected chi connectivity index (χ2v) is 6.89. The maximum atomic E-state index is 12.5. The molecule has 1 aliphatic rings. The van der Waals surface area contributed by atoms with Crippen LogP contribution in [0.3, 0.4) is 0 Å². The minimum Gasteiger partial charge on any atom is -0.493 e. The molecule has 2 amide bonds. The number of amides is 2. The zero-order valence-electron chi connectivity index (χ0n) is 16.9. The van der Waals surface area contributed by atoms with E-state index in [9.17, 15) is 9.59 Å². The molecule has 7 heteroatoms. The van der Waals surface area contributed by atoms with Crippen LogP contribution in [0.15, 0.2) is 48.5 Å². The molecule has 1 fully saturated rings. The van der Waals surface area contributed by atoms with Crippen molar-refractivity contribution in [2.75, 3.05) is 46.9 Å². The zero-order valence-corrected chi connectivity index (χ0v) is 16.9. The summed E-state index contributed by atoms with van der Waals surface area (Å²) >= 11 is 0. The van der Waals surface area contributed by atoms with Gasteiger partial charge in [-0.3, -0.25) is 14.5 Å². The fourth-order valence-corrected chi connectivity index (χ4v) is 3.34. The molecule has 1 heterocycles. The lowest BCUT2D eigenvalue weighted by molar-refractivity contribution is -0.131. The van der Waals surface area contributed by atoms with Crippen molar-refractivity contribution in [1.82, 2.24) is 15.1 Å². The van der Waals surface area contributed by atoms with Gasteiger partial charge in [-0.2, -0.15) is 0 Å². The molecule has 0 atom stereocenters. The summed E-state index contributed by atoms with van der Waals surface area (Å²) in [7, 11) is 3.05. The van der Waals surface area contributed by atoms with E-state index in [1.807, 2.05) is 18.2 Å². The normalized spacial score (nSPS) is 14.3. The second kappa shape index (κ2) is 9.93. The number of nitrogens with zero attached hydrogens (tertiary/aromatic N) is 2. The Kier molecular flexibility index (Phi) is 7.08. The summed E-state index contributed by atoms with van der Waals surface area (Å²) in [5, 5.41) is 2.70. The van der Waals surface area contributed by atoms with E-state index in [0.717, 1.165) is 19.6 Å². The third kappa shape index (κ3) is 5.48. The van der Waals surface area contributed by atoms with Crippen LogP contribution in [0.25, 0.3) is 0 Å². The Balaban J connectivity index is 1.46. The molecule has 0 spiro atoms.